The minimum Gasteiger partial charge on any atom is -0.367 e. The lowest BCUT2D eigenvalue weighted by Gasteiger charge is -2.30. The number of benzene rings is 1. The lowest BCUT2D eigenvalue weighted by molar-refractivity contribution is -0.133. The molecule has 1 aromatic carbocycles. The zero-order valence-electron chi connectivity index (χ0n) is 12.4. The van der Waals surface area contributed by atoms with Gasteiger partial charge in [0.25, 0.3) is 5.91 Å². The van der Waals surface area contributed by atoms with Crippen LogP contribution in [-0.4, -0.2) is 47.5 Å². The standard InChI is InChI=1S/C15H13Cl2N3O3S/c16-9-2-1-8(5-10(9)17)14-19-11(7-24-14)15(22)20-3-4-23-12(6-20)13(18)21/h1-2,5,7,12H,3-4,6H2,(H2,18,21)/t12-/m0/s1. The molecule has 1 saturated heterocycles. The molecule has 0 unspecified atom stereocenters. The summed E-state index contributed by atoms with van der Waals surface area (Å²) >= 11 is 13.3. The molecule has 0 aliphatic carbocycles. The maximum Gasteiger partial charge on any atom is 0.273 e. The number of carbonyl (C=O) groups is 2. The van der Waals surface area contributed by atoms with Crippen LogP contribution in [0, 0.1) is 0 Å². The summed E-state index contributed by atoms with van der Waals surface area (Å²) in [7, 11) is 0. The van der Waals surface area contributed by atoms with Crippen molar-refractivity contribution < 1.29 is 14.3 Å². The van der Waals surface area contributed by atoms with Gasteiger partial charge in [0.1, 0.15) is 10.7 Å². The molecule has 1 atom stereocenters. The summed E-state index contributed by atoms with van der Waals surface area (Å²) in [6.07, 6.45) is -0.782. The summed E-state index contributed by atoms with van der Waals surface area (Å²) in [6, 6.07) is 5.18. The number of rotatable bonds is 3. The van der Waals surface area contributed by atoms with Gasteiger partial charge in [0.2, 0.25) is 5.91 Å². The first-order valence-electron chi connectivity index (χ1n) is 7.07. The lowest BCUT2D eigenvalue weighted by Crippen LogP contribution is -2.50. The fourth-order valence-electron chi connectivity index (χ4n) is 2.30. The molecule has 0 bridgehead atoms. The van der Waals surface area contributed by atoms with Crippen molar-refractivity contribution in [3.63, 3.8) is 0 Å². The molecule has 2 amide bonds. The first-order chi connectivity index (χ1) is 11.5. The van der Waals surface area contributed by atoms with Crippen LogP contribution in [0.5, 0.6) is 0 Å². The van der Waals surface area contributed by atoms with Crippen LogP contribution in [0.25, 0.3) is 10.6 Å². The number of carbonyl (C=O) groups excluding carboxylic acids is 2. The van der Waals surface area contributed by atoms with Gasteiger partial charge in [-0.15, -0.1) is 11.3 Å². The number of hydrogen-bond acceptors (Lipinski definition) is 5. The Morgan fingerprint density at radius 2 is 2.12 bits per heavy atom. The summed E-state index contributed by atoms with van der Waals surface area (Å²) in [5, 5.41) is 3.22. The summed E-state index contributed by atoms with van der Waals surface area (Å²) in [5.74, 6) is -0.839. The fraction of sp³-hybridized carbons (Fsp3) is 0.267. The van der Waals surface area contributed by atoms with Crippen molar-refractivity contribution in [3.05, 3.63) is 39.3 Å². The number of halogens is 2. The van der Waals surface area contributed by atoms with E-state index in [0.717, 1.165) is 5.56 Å². The largest absolute Gasteiger partial charge is 0.367 e. The highest BCUT2D eigenvalue weighted by atomic mass is 35.5. The first kappa shape index (κ1) is 17.2. The maximum absolute atomic E-state index is 12.5. The molecular weight excluding hydrogens is 373 g/mol. The molecule has 1 aromatic heterocycles. The molecule has 6 nitrogen and oxygen atoms in total. The van der Waals surface area contributed by atoms with Crippen LogP contribution in [0.4, 0.5) is 0 Å². The Bertz CT molecular complexity index is 796. The van der Waals surface area contributed by atoms with Crippen LogP contribution in [0.1, 0.15) is 10.5 Å². The third-order valence-corrected chi connectivity index (χ3v) is 5.19. The molecule has 2 N–H and O–H groups in total. The predicted molar refractivity (Wildman–Crippen MR) is 92.4 cm³/mol. The van der Waals surface area contributed by atoms with E-state index >= 15 is 0 Å². The van der Waals surface area contributed by atoms with Crippen molar-refractivity contribution in [2.24, 2.45) is 5.73 Å². The topological polar surface area (TPSA) is 85.5 Å². The number of nitrogens with zero attached hydrogens (tertiary/aromatic N) is 2. The molecule has 9 heteroatoms. The molecule has 1 aliphatic rings. The van der Waals surface area contributed by atoms with E-state index < -0.39 is 12.0 Å². The van der Waals surface area contributed by atoms with Gasteiger partial charge in [-0.2, -0.15) is 0 Å². The van der Waals surface area contributed by atoms with E-state index in [1.807, 2.05) is 0 Å². The summed E-state index contributed by atoms with van der Waals surface area (Å²) in [5.41, 5.74) is 6.33. The summed E-state index contributed by atoms with van der Waals surface area (Å²) in [6.45, 7) is 0.791. The van der Waals surface area contributed by atoms with Crippen molar-refractivity contribution in [1.29, 1.82) is 0 Å². The van der Waals surface area contributed by atoms with Gasteiger partial charge in [-0.1, -0.05) is 29.3 Å². The average molecular weight is 386 g/mol. The molecule has 0 saturated carbocycles. The molecule has 1 aliphatic heterocycles. The smallest absolute Gasteiger partial charge is 0.273 e. The van der Waals surface area contributed by atoms with Gasteiger partial charge in [0, 0.05) is 17.5 Å². The predicted octanol–water partition coefficient (Wildman–Crippen LogP) is 2.44. The van der Waals surface area contributed by atoms with E-state index in [2.05, 4.69) is 4.98 Å². The monoisotopic (exact) mass is 385 g/mol. The number of hydrogen-bond donors (Lipinski definition) is 1. The van der Waals surface area contributed by atoms with Crippen molar-refractivity contribution >= 4 is 46.4 Å². The molecular formula is C15H13Cl2N3O3S. The zero-order valence-corrected chi connectivity index (χ0v) is 14.7. The van der Waals surface area contributed by atoms with Crippen LogP contribution in [-0.2, 0) is 9.53 Å². The van der Waals surface area contributed by atoms with Crippen LogP contribution in [0.2, 0.25) is 10.0 Å². The average Bonchev–Trinajstić information content (AvgIpc) is 3.06. The highest BCUT2D eigenvalue weighted by Gasteiger charge is 2.29. The molecule has 0 radical (unpaired) electrons. The van der Waals surface area contributed by atoms with Gasteiger partial charge in [-0.3, -0.25) is 9.59 Å². The van der Waals surface area contributed by atoms with E-state index in [1.165, 1.54) is 16.2 Å². The van der Waals surface area contributed by atoms with Crippen LogP contribution in [0.3, 0.4) is 0 Å². The SMILES string of the molecule is NC(=O)[C@@H]1CN(C(=O)c2csc(-c3ccc(Cl)c(Cl)c3)n2)CCO1. The minimum absolute atomic E-state index is 0.133. The summed E-state index contributed by atoms with van der Waals surface area (Å²) < 4.78 is 5.24. The molecule has 1 fully saturated rings. The Labute approximate surface area is 152 Å². The molecule has 0 spiro atoms. The van der Waals surface area contributed by atoms with Crippen LogP contribution >= 0.6 is 34.5 Å². The lowest BCUT2D eigenvalue weighted by atomic mass is 10.2. The Morgan fingerprint density at radius 3 is 2.83 bits per heavy atom. The highest BCUT2D eigenvalue weighted by molar-refractivity contribution is 7.13. The van der Waals surface area contributed by atoms with Crippen molar-refractivity contribution in [3.8, 4) is 10.6 Å². The highest BCUT2D eigenvalue weighted by Crippen LogP contribution is 2.30. The fourth-order valence-corrected chi connectivity index (χ4v) is 3.39. The van der Waals surface area contributed by atoms with E-state index in [-0.39, 0.29) is 19.1 Å². The summed E-state index contributed by atoms with van der Waals surface area (Å²) in [4.78, 5) is 29.7. The molecule has 3 rings (SSSR count). The van der Waals surface area contributed by atoms with Gasteiger partial charge in [0.15, 0.2) is 6.10 Å². The molecule has 126 valence electrons. The number of morpholine rings is 1. The number of aromatic nitrogens is 1. The third kappa shape index (κ3) is 3.54. The normalized spacial score (nSPS) is 17.8. The van der Waals surface area contributed by atoms with Gasteiger partial charge in [-0.25, -0.2) is 4.98 Å². The molecule has 2 aromatic rings. The third-order valence-electron chi connectivity index (χ3n) is 3.56. The number of thiazole rings is 1. The molecule has 24 heavy (non-hydrogen) atoms. The quantitative estimate of drug-likeness (QED) is 0.878. The second-order valence-electron chi connectivity index (χ2n) is 5.18. The van der Waals surface area contributed by atoms with Gasteiger partial charge in [0.05, 0.1) is 23.2 Å². The zero-order chi connectivity index (χ0) is 17.3. The van der Waals surface area contributed by atoms with E-state index in [0.29, 0.717) is 27.3 Å². The van der Waals surface area contributed by atoms with Gasteiger partial charge in [-0.05, 0) is 12.1 Å². The first-order valence-corrected chi connectivity index (χ1v) is 8.70. The molecule has 2 heterocycles. The number of amides is 2. The van der Waals surface area contributed by atoms with Crippen molar-refractivity contribution in [2.45, 2.75) is 6.10 Å². The number of nitrogens with two attached hydrogens (primary N) is 1. The van der Waals surface area contributed by atoms with Gasteiger partial charge < -0.3 is 15.4 Å². The van der Waals surface area contributed by atoms with E-state index in [1.54, 1.807) is 23.6 Å². The number of primary amides is 1. The Kier molecular flexibility index (Phi) is 5.05. The number of ether oxygens (including phenoxy) is 1. The minimum atomic E-state index is -0.782. The van der Waals surface area contributed by atoms with Crippen molar-refractivity contribution in [1.82, 2.24) is 9.88 Å². The van der Waals surface area contributed by atoms with Crippen molar-refractivity contribution in [2.75, 3.05) is 19.7 Å². The van der Waals surface area contributed by atoms with E-state index in [4.69, 9.17) is 33.7 Å². The van der Waals surface area contributed by atoms with Crippen LogP contribution in [0.15, 0.2) is 23.6 Å². The second-order valence-corrected chi connectivity index (χ2v) is 6.85. The second kappa shape index (κ2) is 7.06. The Balaban J connectivity index is 1.78. The van der Waals surface area contributed by atoms with Crippen LogP contribution < -0.4 is 5.73 Å². The maximum atomic E-state index is 12.5. The Hall–Kier alpha value is -1.67. The Morgan fingerprint density at radius 1 is 1.33 bits per heavy atom. The van der Waals surface area contributed by atoms with E-state index in [9.17, 15) is 9.59 Å². The van der Waals surface area contributed by atoms with Gasteiger partial charge >= 0.3 is 0 Å².